The van der Waals surface area contributed by atoms with Crippen molar-refractivity contribution < 1.29 is 9.53 Å². The molecule has 1 amide bonds. The van der Waals surface area contributed by atoms with E-state index in [1.165, 1.54) is 0 Å². The van der Waals surface area contributed by atoms with Crippen LogP contribution in [0.2, 0.25) is 0 Å². The van der Waals surface area contributed by atoms with Gasteiger partial charge in [-0.25, -0.2) is 0 Å². The van der Waals surface area contributed by atoms with Crippen molar-refractivity contribution in [2.24, 2.45) is 17.6 Å². The molecule has 0 heterocycles. The topological polar surface area (TPSA) is 64.3 Å². The molecule has 0 radical (unpaired) electrons. The number of benzene rings is 1. The second-order valence-corrected chi connectivity index (χ2v) is 5.88. The Morgan fingerprint density at radius 3 is 2.71 bits per heavy atom. The molecule has 3 N–H and O–H groups in total. The van der Waals surface area contributed by atoms with Gasteiger partial charge in [0.25, 0.3) is 0 Å². The number of nitrogens with two attached hydrogens (primary N) is 1. The summed E-state index contributed by atoms with van der Waals surface area (Å²) >= 11 is 0. The lowest BCUT2D eigenvalue weighted by Crippen LogP contribution is -2.29. The summed E-state index contributed by atoms with van der Waals surface area (Å²) in [5.41, 5.74) is 6.56. The van der Waals surface area contributed by atoms with Crippen molar-refractivity contribution in [2.75, 3.05) is 11.9 Å². The van der Waals surface area contributed by atoms with Gasteiger partial charge in [-0.3, -0.25) is 4.79 Å². The fourth-order valence-corrected chi connectivity index (χ4v) is 2.83. The maximum Gasteiger partial charge on any atom is 0.227 e. The summed E-state index contributed by atoms with van der Waals surface area (Å²) in [4.78, 5) is 12.3. The maximum absolute atomic E-state index is 12.3. The van der Waals surface area contributed by atoms with Crippen LogP contribution in [0.1, 0.15) is 39.5 Å². The Labute approximate surface area is 127 Å². The highest BCUT2D eigenvalue weighted by Crippen LogP contribution is 2.32. The Balaban J connectivity index is 1.92. The summed E-state index contributed by atoms with van der Waals surface area (Å²) < 4.78 is 5.73. The van der Waals surface area contributed by atoms with Crippen LogP contribution in [0.5, 0.6) is 5.75 Å². The van der Waals surface area contributed by atoms with Crippen molar-refractivity contribution in [3.8, 4) is 5.75 Å². The van der Waals surface area contributed by atoms with Gasteiger partial charge in [0.05, 0.1) is 6.10 Å². The average molecular weight is 290 g/mol. The van der Waals surface area contributed by atoms with Crippen LogP contribution in [0.4, 0.5) is 5.69 Å². The molecule has 0 aromatic heterocycles. The molecule has 1 fully saturated rings. The first-order valence-corrected chi connectivity index (χ1v) is 7.91. The van der Waals surface area contributed by atoms with Crippen molar-refractivity contribution in [3.63, 3.8) is 0 Å². The van der Waals surface area contributed by atoms with Crippen LogP contribution in [0.15, 0.2) is 24.3 Å². The zero-order valence-corrected chi connectivity index (χ0v) is 13.0. The van der Waals surface area contributed by atoms with Crippen LogP contribution in [-0.4, -0.2) is 18.6 Å². The van der Waals surface area contributed by atoms with E-state index in [0.717, 1.165) is 37.1 Å². The van der Waals surface area contributed by atoms with Crippen molar-refractivity contribution in [2.45, 2.75) is 45.6 Å². The average Bonchev–Trinajstić information content (AvgIpc) is 2.97. The molecule has 1 aromatic rings. The maximum atomic E-state index is 12.3. The minimum atomic E-state index is 0.0611. The van der Waals surface area contributed by atoms with Crippen LogP contribution in [0.3, 0.4) is 0 Å². The highest BCUT2D eigenvalue weighted by atomic mass is 16.5. The lowest BCUT2D eigenvalue weighted by atomic mass is 9.95. The highest BCUT2D eigenvalue weighted by molar-refractivity contribution is 5.93. The van der Waals surface area contributed by atoms with Gasteiger partial charge >= 0.3 is 0 Å². The summed E-state index contributed by atoms with van der Waals surface area (Å²) in [5, 5.41) is 2.99. The summed E-state index contributed by atoms with van der Waals surface area (Å²) in [5.74, 6) is 1.32. The molecule has 1 saturated carbocycles. The third kappa shape index (κ3) is 4.21. The Morgan fingerprint density at radius 1 is 1.38 bits per heavy atom. The van der Waals surface area contributed by atoms with Crippen LogP contribution in [0, 0.1) is 11.8 Å². The summed E-state index contributed by atoms with van der Waals surface area (Å²) in [6.07, 6.45) is 4.29. The number of hydrogen-bond acceptors (Lipinski definition) is 3. The smallest absolute Gasteiger partial charge is 0.227 e. The molecule has 3 atom stereocenters. The Kier molecular flexibility index (Phi) is 5.62. The lowest BCUT2D eigenvalue weighted by Gasteiger charge is -2.18. The summed E-state index contributed by atoms with van der Waals surface area (Å²) in [6, 6.07) is 7.58. The van der Waals surface area contributed by atoms with Gasteiger partial charge < -0.3 is 15.8 Å². The van der Waals surface area contributed by atoms with Gasteiger partial charge in [-0.2, -0.15) is 0 Å². The van der Waals surface area contributed by atoms with E-state index in [4.69, 9.17) is 10.5 Å². The van der Waals surface area contributed by atoms with Gasteiger partial charge in [0.2, 0.25) is 5.91 Å². The molecule has 4 nitrogen and oxygen atoms in total. The van der Waals surface area contributed by atoms with E-state index >= 15 is 0 Å². The van der Waals surface area contributed by atoms with Crippen molar-refractivity contribution >= 4 is 11.6 Å². The van der Waals surface area contributed by atoms with E-state index in [9.17, 15) is 4.79 Å². The van der Waals surface area contributed by atoms with Crippen molar-refractivity contribution in [1.82, 2.24) is 0 Å². The Hall–Kier alpha value is -1.55. The molecule has 0 spiro atoms. The highest BCUT2D eigenvalue weighted by Gasteiger charge is 2.31. The number of nitrogens with one attached hydrogen (secondary N) is 1. The molecule has 0 saturated heterocycles. The summed E-state index contributed by atoms with van der Waals surface area (Å²) in [6.45, 7) is 4.73. The molecular formula is C17H26N2O2. The van der Waals surface area contributed by atoms with Crippen LogP contribution < -0.4 is 15.8 Å². The number of hydrogen-bond donors (Lipinski definition) is 2. The van der Waals surface area contributed by atoms with Gasteiger partial charge in [-0.1, -0.05) is 13.3 Å². The van der Waals surface area contributed by atoms with E-state index in [2.05, 4.69) is 12.2 Å². The van der Waals surface area contributed by atoms with E-state index in [1.54, 1.807) is 0 Å². The third-order valence-electron chi connectivity index (χ3n) is 4.33. The standard InChI is InChI=1S/C17H26N2O2/c1-3-12(2)21-15-9-7-14(8-10-15)19-17(20)16-6-4-5-13(16)11-18/h7-10,12-13,16H,3-6,11,18H2,1-2H3,(H,19,20)/t12?,13-,16-/m1/s1. The Bertz CT molecular complexity index is 458. The molecule has 0 aliphatic heterocycles. The van der Waals surface area contributed by atoms with E-state index < -0.39 is 0 Å². The van der Waals surface area contributed by atoms with Gasteiger partial charge in [0.15, 0.2) is 0 Å². The number of carbonyl (C=O) groups excluding carboxylic acids is 1. The minimum Gasteiger partial charge on any atom is -0.491 e. The number of rotatable bonds is 6. The predicted octanol–water partition coefficient (Wildman–Crippen LogP) is 3.18. The monoisotopic (exact) mass is 290 g/mol. The minimum absolute atomic E-state index is 0.0611. The molecule has 4 heteroatoms. The summed E-state index contributed by atoms with van der Waals surface area (Å²) in [7, 11) is 0. The molecule has 1 unspecified atom stereocenters. The molecule has 0 bridgehead atoms. The second-order valence-electron chi connectivity index (χ2n) is 5.88. The first-order valence-electron chi connectivity index (χ1n) is 7.91. The largest absolute Gasteiger partial charge is 0.491 e. The fraction of sp³-hybridized carbons (Fsp3) is 0.588. The van der Waals surface area contributed by atoms with Crippen LogP contribution in [0.25, 0.3) is 0 Å². The zero-order chi connectivity index (χ0) is 15.2. The number of ether oxygens (including phenoxy) is 1. The predicted molar refractivity (Wildman–Crippen MR) is 85.3 cm³/mol. The first-order chi connectivity index (χ1) is 10.1. The quantitative estimate of drug-likeness (QED) is 0.845. The van der Waals surface area contributed by atoms with Crippen molar-refractivity contribution in [1.29, 1.82) is 0 Å². The van der Waals surface area contributed by atoms with E-state index in [-0.39, 0.29) is 17.9 Å². The third-order valence-corrected chi connectivity index (χ3v) is 4.33. The Morgan fingerprint density at radius 2 is 2.10 bits per heavy atom. The molecule has 2 rings (SSSR count). The van der Waals surface area contributed by atoms with Gasteiger partial charge in [-0.15, -0.1) is 0 Å². The van der Waals surface area contributed by atoms with Crippen LogP contribution >= 0.6 is 0 Å². The van der Waals surface area contributed by atoms with E-state index in [0.29, 0.717) is 12.5 Å². The molecule has 116 valence electrons. The molecule has 1 aliphatic rings. The normalized spacial score (nSPS) is 22.8. The van der Waals surface area contributed by atoms with Gasteiger partial charge in [0.1, 0.15) is 5.75 Å². The SMILES string of the molecule is CCC(C)Oc1ccc(NC(=O)[C@@H]2CCC[C@@H]2CN)cc1. The zero-order valence-electron chi connectivity index (χ0n) is 13.0. The van der Waals surface area contributed by atoms with Gasteiger partial charge in [-0.05, 0) is 62.9 Å². The van der Waals surface area contributed by atoms with Gasteiger partial charge in [0, 0.05) is 11.6 Å². The number of amides is 1. The molecule has 1 aromatic carbocycles. The molecule has 1 aliphatic carbocycles. The van der Waals surface area contributed by atoms with E-state index in [1.807, 2.05) is 31.2 Å². The first kappa shape index (κ1) is 15.8. The lowest BCUT2D eigenvalue weighted by molar-refractivity contribution is -0.120. The van der Waals surface area contributed by atoms with Crippen molar-refractivity contribution in [3.05, 3.63) is 24.3 Å². The van der Waals surface area contributed by atoms with Crippen LogP contribution in [-0.2, 0) is 4.79 Å². The number of carbonyl (C=O) groups is 1. The fourth-order valence-electron chi connectivity index (χ4n) is 2.83. The molecular weight excluding hydrogens is 264 g/mol. The molecule has 21 heavy (non-hydrogen) atoms. The number of anilines is 1. The second kappa shape index (κ2) is 7.46.